The van der Waals surface area contributed by atoms with E-state index in [1.807, 2.05) is 54.6 Å². The van der Waals surface area contributed by atoms with Crippen LogP contribution in [-0.2, 0) is 4.74 Å². The first-order chi connectivity index (χ1) is 21.8. The third kappa shape index (κ3) is 6.90. The van der Waals surface area contributed by atoms with E-state index in [9.17, 15) is 24.8 Å². The largest absolute Gasteiger partial charge is 0.508 e. The summed E-state index contributed by atoms with van der Waals surface area (Å²) < 4.78 is 19.4. The number of rotatable bonds is 9. The molecular weight excluding hydrogens is 571 g/mol. The lowest BCUT2D eigenvalue weighted by molar-refractivity contribution is -0.113. The summed E-state index contributed by atoms with van der Waals surface area (Å²) in [6.07, 6.45) is 0.199. The Balaban J connectivity index is 1.24. The molecule has 0 bridgehead atoms. The van der Waals surface area contributed by atoms with Crippen LogP contribution in [0.5, 0.6) is 5.75 Å². The molecule has 0 saturated carbocycles. The molecule has 2 saturated heterocycles. The van der Waals surface area contributed by atoms with Crippen molar-refractivity contribution in [1.29, 1.82) is 0 Å². The van der Waals surface area contributed by atoms with Crippen molar-refractivity contribution in [3.8, 4) is 16.9 Å². The van der Waals surface area contributed by atoms with Crippen LogP contribution in [0.15, 0.2) is 97.1 Å². The second-order valence-corrected chi connectivity index (χ2v) is 12.3. The van der Waals surface area contributed by atoms with E-state index in [-0.39, 0.29) is 42.5 Å². The molecule has 8 heteroatoms. The second-order valence-electron chi connectivity index (χ2n) is 12.3. The lowest BCUT2D eigenvalue weighted by Crippen LogP contribution is -2.33. The van der Waals surface area contributed by atoms with Crippen LogP contribution in [0.4, 0.5) is 10.1 Å². The quantitative estimate of drug-likeness (QED) is 0.181. The molecule has 0 aliphatic carbocycles. The minimum absolute atomic E-state index is 0.00456. The van der Waals surface area contributed by atoms with Crippen molar-refractivity contribution in [3.63, 3.8) is 0 Å². The molecule has 236 valence electrons. The number of nitrogens with zero attached hydrogens (tertiary/aromatic N) is 2. The summed E-state index contributed by atoms with van der Waals surface area (Å²) in [6, 6.07) is 29.7. The summed E-state index contributed by atoms with van der Waals surface area (Å²) in [5, 5.41) is 42.2. The van der Waals surface area contributed by atoms with Gasteiger partial charge in [0.2, 0.25) is 0 Å². The highest BCUT2D eigenvalue weighted by atomic mass is 19.1. The predicted octanol–water partition coefficient (Wildman–Crippen LogP) is 6.10. The third-order valence-electron chi connectivity index (χ3n) is 9.27. The van der Waals surface area contributed by atoms with Crippen LogP contribution in [0.2, 0.25) is 0 Å². The number of para-hydroxylation sites is 1. The predicted molar refractivity (Wildman–Crippen MR) is 172 cm³/mol. The van der Waals surface area contributed by atoms with Gasteiger partial charge in [0.25, 0.3) is 0 Å². The Labute approximate surface area is 263 Å². The van der Waals surface area contributed by atoms with Gasteiger partial charge in [0.15, 0.2) is 0 Å². The standard InChI is InChI=1S/C37H41FN2O5/c1-39-23-40(29-5-3-2-4-6-29)37(33(39)17-18-34(43)25-11-14-28(38)15-12-25)32-16-13-27(19-35(32)44)24-7-9-26(10-8-24)36-21-30(42)20-31(22-41)45-36/h2-16,19,30-31,33-34,36-37,41-44H,17-18,20-23H2,1H3. The Morgan fingerprint density at radius 1 is 0.911 bits per heavy atom. The van der Waals surface area contributed by atoms with Crippen LogP contribution in [-0.4, -0.2) is 63.9 Å². The normalized spacial score (nSPS) is 24.6. The van der Waals surface area contributed by atoms with E-state index in [4.69, 9.17) is 4.74 Å². The number of benzene rings is 4. The molecule has 6 atom stereocenters. The Hall–Kier alpha value is -3.79. The van der Waals surface area contributed by atoms with Crippen LogP contribution in [0.1, 0.15) is 60.6 Å². The van der Waals surface area contributed by atoms with E-state index in [2.05, 4.69) is 29.0 Å². The fourth-order valence-corrected chi connectivity index (χ4v) is 6.86. The minimum atomic E-state index is -0.721. The molecule has 2 fully saturated rings. The summed E-state index contributed by atoms with van der Waals surface area (Å²) in [4.78, 5) is 4.55. The Bertz CT molecular complexity index is 1550. The van der Waals surface area contributed by atoms with E-state index < -0.39 is 12.2 Å². The lowest BCUT2D eigenvalue weighted by atomic mass is 9.90. The van der Waals surface area contributed by atoms with Crippen LogP contribution < -0.4 is 4.90 Å². The van der Waals surface area contributed by atoms with E-state index in [1.165, 1.54) is 12.1 Å². The number of aromatic hydroxyl groups is 1. The van der Waals surface area contributed by atoms with Crippen molar-refractivity contribution in [2.24, 2.45) is 0 Å². The Morgan fingerprint density at radius 2 is 1.62 bits per heavy atom. The Morgan fingerprint density at radius 3 is 2.31 bits per heavy atom. The van der Waals surface area contributed by atoms with Gasteiger partial charge < -0.3 is 30.1 Å². The maximum atomic E-state index is 13.4. The van der Waals surface area contributed by atoms with Gasteiger partial charge in [-0.1, -0.05) is 66.7 Å². The van der Waals surface area contributed by atoms with E-state index >= 15 is 0 Å². The van der Waals surface area contributed by atoms with Gasteiger partial charge in [0.1, 0.15) is 11.6 Å². The Kier molecular flexibility index (Phi) is 9.49. The molecule has 6 unspecified atom stereocenters. The van der Waals surface area contributed by atoms with Crippen molar-refractivity contribution < 1.29 is 29.6 Å². The number of hydrogen-bond donors (Lipinski definition) is 4. The molecule has 2 heterocycles. The molecule has 2 aliphatic rings. The van der Waals surface area contributed by atoms with Gasteiger partial charge in [-0.15, -0.1) is 0 Å². The van der Waals surface area contributed by atoms with Crippen molar-refractivity contribution in [2.45, 2.75) is 62.2 Å². The van der Waals surface area contributed by atoms with Crippen LogP contribution >= 0.6 is 0 Å². The smallest absolute Gasteiger partial charge is 0.123 e. The zero-order valence-corrected chi connectivity index (χ0v) is 25.4. The maximum Gasteiger partial charge on any atom is 0.123 e. The van der Waals surface area contributed by atoms with Crippen molar-refractivity contribution in [1.82, 2.24) is 4.90 Å². The zero-order valence-electron chi connectivity index (χ0n) is 25.4. The first-order valence-electron chi connectivity index (χ1n) is 15.6. The molecule has 4 aromatic carbocycles. The summed E-state index contributed by atoms with van der Waals surface area (Å²) in [5.41, 5.74) is 5.30. The molecule has 4 aromatic rings. The number of likely N-dealkylation sites (N-methyl/N-ethyl adjacent to an activating group) is 1. The summed E-state index contributed by atoms with van der Waals surface area (Å²) >= 11 is 0. The number of aliphatic hydroxyl groups excluding tert-OH is 3. The fraction of sp³-hybridized carbons (Fsp3) is 0.351. The fourth-order valence-electron chi connectivity index (χ4n) is 6.86. The van der Waals surface area contributed by atoms with Gasteiger partial charge in [-0.25, -0.2) is 4.39 Å². The van der Waals surface area contributed by atoms with Crippen LogP contribution in [0, 0.1) is 5.82 Å². The van der Waals surface area contributed by atoms with Crippen LogP contribution in [0.3, 0.4) is 0 Å². The highest BCUT2D eigenvalue weighted by Gasteiger charge is 2.40. The number of hydrogen-bond acceptors (Lipinski definition) is 7. The minimum Gasteiger partial charge on any atom is -0.508 e. The number of ether oxygens (including phenoxy) is 1. The molecule has 0 spiro atoms. The van der Waals surface area contributed by atoms with E-state index in [0.29, 0.717) is 37.9 Å². The third-order valence-corrected chi connectivity index (χ3v) is 9.27. The SMILES string of the molecule is CN1CN(c2ccccc2)C(c2ccc(-c3ccc(C4CC(O)CC(CO)O4)cc3)cc2O)C1CCC(O)c1ccc(F)cc1. The number of phenols is 1. The summed E-state index contributed by atoms with van der Waals surface area (Å²) in [5.74, 6) is -0.129. The van der Waals surface area contributed by atoms with E-state index in [1.54, 1.807) is 18.2 Å². The average molecular weight is 613 g/mol. The van der Waals surface area contributed by atoms with E-state index in [0.717, 1.165) is 27.9 Å². The van der Waals surface area contributed by atoms with Crippen molar-refractivity contribution in [2.75, 3.05) is 25.2 Å². The molecule has 4 N–H and O–H groups in total. The van der Waals surface area contributed by atoms with Gasteiger partial charge in [-0.05, 0) is 72.5 Å². The van der Waals surface area contributed by atoms with Crippen molar-refractivity contribution in [3.05, 3.63) is 120 Å². The first-order valence-corrected chi connectivity index (χ1v) is 15.6. The average Bonchev–Trinajstić information content (AvgIpc) is 3.39. The lowest BCUT2D eigenvalue weighted by Gasteiger charge is -2.32. The molecule has 6 rings (SSSR count). The monoisotopic (exact) mass is 612 g/mol. The van der Waals surface area contributed by atoms with Gasteiger partial charge in [0, 0.05) is 30.1 Å². The number of anilines is 1. The van der Waals surface area contributed by atoms with Gasteiger partial charge in [-0.3, -0.25) is 4.90 Å². The highest BCUT2D eigenvalue weighted by Crippen LogP contribution is 2.44. The highest BCUT2D eigenvalue weighted by molar-refractivity contribution is 5.67. The number of phenolic OH excluding ortho intramolecular Hbond substituents is 1. The topological polar surface area (TPSA) is 96.6 Å². The summed E-state index contributed by atoms with van der Waals surface area (Å²) in [7, 11) is 2.07. The second kappa shape index (κ2) is 13.7. The van der Waals surface area contributed by atoms with Crippen molar-refractivity contribution >= 4 is 5.69 Å². The number of halogens is 1. The molecular formula is C37H41FN2O5. The molecule has 45 heavy (non-hydrogen) atoms. The maximum absolute atomic E-state index is 13.4. The van der Waals surface area contributed by atoms with Crippen LogP contribution in [0.25, 0.3) is 11.1 Å². The van der Waals surface area contributed by atoms with Gasteiger partial charge in [-0.2, -0.15) is 0 Å². The van der Waals surface area contributed by atoms with Gasteiger partial charge >= 0.3 is 0 Å². The molecule has 0 amide bonds. The molecule has 7 nitrogen and oxygen atoms in total. The summed E-state index contributed by atoms with van der Waals surface area (Å²) in [6.45, 7) is 0.537. The van der Waals surface area contributed by atoms with Gasteiger partial charge in [0.05, 0.1) is 43.7 Å². The first kappa shape index (κ1) is 31.2. The zero-order chi connectivity index (χ0) is 31.5. The molecule has 0 radical (unpaired) electrons. The molecule has 0 aromatic heterocycles. The number of aliphatic hydroxyl groups is 3. The molecule has 2 aliphatic heterocycles.